The van der Waals surface area contributed by atoms with Crippen LogP contribution in [0.4, 0.5) is 0 Å². The fourth-order valence-electron chi connectivity index (χ4n) is 8.44. The summed E-state index contributed by atoms with van der Waals surface area (Å²) in [5, 5.41) is 7.17. The summed E-state index contributed by atoms with van der Waals surface area (Å²) in [4.78, 5) is 80.5. The zero-order chi connectivity index (χ0) is 51.4. The van der Waals surface area contributed by atoms with Gasteiger partial charge in [-0.15, -0.1) is 5.06 Å². The molecule has 1 saturated heterocycles. The highest BCUT2D eigenvalue weighted by molar-refractivity contribution is 7.85. The highest BCUT2D eigenvalue weighted by Gasteiger charge is 2.33. The Morgan fingerprint density at radius 3 is 1.97 bits per heavy atom. The predicted octanol–water partition coefficient (Wildman–Crippen LogP) is 3.62. The van der Waals surface area contributed by atoms with Gasteiger partial charge in [0.25, 0.3) is 17.7 Å². The Morgan fingerprint density at radius 1 is 0.757 bits per heavy atom. The summed E-state index contributed by atoms with van der Waals surface area (Å²) in [5.74, 6) is -3.70. The molecule has 70 heavy (non-hydrogen) atoms. The van der Waals surface area contributed by atoms with Crippen LogP contribution in [0.2, 0.25) is 0 Å². The highest BCUT2D eigenvalue weighted by atomic mass is 32.2. The summed E-state index contributed by atoms with van der Waals surface area (Å²) in [6.07, 6.45) is 0.875. The van der Waals surface area contributed by atoms with Crippen LogP contribution in [0.15, 0.2) is 54.6 Å². The van der Waals surface area contributed by atoms with Gasteiger partial charge in [0.15, 0.2) is 6.54 Å². The third-order valence-electron chi connectivity index (χ3n) is 11.7. The van der Waals surface area contributed by atoms with Crippen molar-refractivity contribution >= 4 is 77.6 Å². The zero-order valence-electron chi connectivity index (χ0n) is 40.1. The fourth-order valence-corrected chi connectivity index (χ4v) is 9.40. The third-order valence-corrected chi connectivity index (χ3v) is 13.3. The summed E-state index contributed by atoms with van der Waals surface area (Å²) >= 11 is 0. The van der Waals surface area contributed by atoms with Crippen molar-refractivity contribution in [3.8, 4) is 11.5 Å². The van der Waals surface area contributed by atoms with Crippen molar-refractivity contribution in [2.45, 2.75) is 98.1 Å². The molecule has 4 aromatic rings. The summed E-state index contributed by atoms with van der Waals surface area (Å²) in [6, 6.07) is 15.6. The summed E-state index contributed by atoms with van der Waals surface area (Å²) in [6.45, 7) is 9.24. The van der Waals surface area contributed by atoms with Crippen molar-refractivity contribution in [3.05, 3.63) is 76.9 Å². The molecule has 3 aromatic carbocycles. The van der Waals surface area contributed by atoms with Crippen molar-refractivity contribution < 1.29 is 78.1 Å². The van der Waals surface area contributed by atoms with Crippen molar-refractivity contribution in [1.82, 2.24) is 15.7 Å². The Labute approximate surface area is 407 Å². The van der Waals surface area contributed by atoms with Crippen LogP contribution in [0.5, 0.6) is 11.5 Å². The first-order valence-electron chi connectivity index (χ1n) is 23.1. The van der Waals surface area contributed by atoms with Gasteiger partial charge >= 0.3 is 11.9 Å². The largest absolute Gasteiger partial charge is 0.748 e. The molecule has 20 nitrogen and oxygen atoms in total. The van der Waals surface area contributed by atoms with Crippen molar-refractivity contribution in [1.29, 1.82) is 0 Å². The van der Waals surface area contributed by atoms with Gasteiger partial charge in [-0.05, 0) is 75.6 Å². The maximum atomic E-state index is 14.4. The van der Waals surface area contributed by atoms with Crippen molar-refractivity contribution in [3.63, 3.8) is 0 Å². The number of benzene rings is 3. The molecule has 0 aliphatic carbocycles. The highest BCUT2D eigenvalue weighted by Crippen LogP contribution is 2.32. The van der Waals surface area contributed by atoms with E-state index in [1.807, 2.05) is 25.5 Å². The lowest BCUT2D eigenvalue weighted by molar-refractivity contribution is -0.909. The molecule has 2 N–H and O–H groups in total. The summed E-state index contributed by atoms with van der Waals surface area (Å²) < 4.78 is 82.9. The number of hydrogen-bond donors (Lipinski definition) is 2. The van der Waals surface area contributed by atoms with Crippen LogP contribution in [0.1, 0.15) is 103 Å². The molecule has 1 aromatic heterocycles. The molecule has 5 rings (SSSR count). The quantitative estimate of drug-likeness (QED) is 0.0133. The number of aryl methyl sites for hydroxylation is 3. The molecule has 0 spiro atoms. The number of amides is 4. The number of fused-ring (bicyclic) bond motifs is 2. The fraction of sp³-hybridized carbons (Fsp3) is 0.479. The normalized spacial score (nSPS) is 14.0. The molecule has 0 saturated carbocycles. The van der Waals surface area contributed by atoms with E-state index in [0.717, 1.165) is 0 Å². The lowest BCUT2D eigenvalue weighted by Gasteiger charge is -2.35. The van der Waals surface area contributed by atoms with E-state index in [9.17, 15) is 54.7 Å². The van der Waals surface area contributed by atoms with Crippen LogP contribution in [0, 0.1) is 13.8 Å². The minimum atomic E-state index is -4.46. The molecule has 0 radical (unpaired) electrons. The maximum absolute atomic E-state index is 14.4. The number of quaternary nitrogens is 1. The first kappa shape index (κ1) is 54.9. The minimum absolute atomic E-state index is 0.00124. The smallest absolute Gasteiger partial charge is 0.345 e. The van der Waals surface area contributed by atoms with Crippen LogP contribution in [-0.4, -0.2) is 128 Å². The van der Waals surface area contributed by atoms with Gasteiger partial charge in [-0.25, -0.2) is 26.4 Å². The maximum Gasteiger partial charge on any atom is 0.345 e. The van der Waals surface area contributed by atoms with E-state index in [1.54, 1.807) is 68.4 Å². The Morgan fingerprint density at radius 2 is 1.34 bits per heavy atom. The summed E-state index contributed by atoms with van der Waals surface area (Å²) in [5.41, 5.74) is 2.80. The van der Waals surface area contributed by atoms with Gasteiger partial charge in [-0.2, -0.15) is 4.57 Å². The number of aromatic nitrogens is 1. The predicted molar refractivity (Wildman–Crippen MR) is 253 cm³/mol. The number of hydrogen-bond acceptors (Lipinski definition) is 15. The molecule has 380 valence electrons. The second-order valence-electron chi connectivity index (χ2n) is 18.0. The number of esters is 1. The number of carbonyl (C=O) groups is 6. The van der Waals surface area contributed by atoms with Crippen LogP contribution in [-0.2, 0) is 50.8 Å². The molecule has 4 amide bonds. The van der Waals surface area contributed by atoms with Crippen molar-refractivity contribution in [2.24, 2.45) is 0 Å². The molecule has 1 aliphatic heterocycles. The molecule has 1 atom stereocenters. The van der Waals surface area contributed by atoms with E-state index >= 15 is 0 Å². The number of carbonyl (C=O) groups excluding carboxylic acids is 6. The van der Waals surface area contributed by atoms with Gasteiger partial charge in [0.1, 0.15) is 11.5 Å². The minimum Gasteiger partial charge on any atom is -0.748 e. The third kappa shape index (κ3) is 16.0. The van der Waals surface area contributed by atoms with Crippen LogP contribution in [0.3, 0.4) is 0 Å². The lowest BCUT2D eigenvalue weighted by Crippen LogP contribution is -2.48. The number of nitrogens with one attached hydrogen (secondary N) is 2. The van der Waals surface area contributed by atoms with Gasteiger partial charge in [-0.1, -0.05) is 12.1 Å². The molecule has 1 fully saturated rings. The van der Waals surface area contributed by atoms with Crippen LogP contribution >= 0.6 is 0 Å². The lowest BCUT2D eigenvalue weighted by atomic mass is 10.0. The first-order chi connectivity index (χ1) is 32.9. The van der Waals surface area contributed by atoms with E-state index in [4.69, 9.17) is 14.3 Å². The van der Waals surface area contributed by atoms with E-state index in [1.165, 1.54) is 0 Å². The number of nitrogens with zero attached hydrogens (tertiary/aromatic N) is 3. The standard InChI is InChI=1S/C48H61N5O15S2/c1-32(2)66-36-17-18-40-38(31-36)45(37-13-6-7-14-39(37)51(40)23-11-27-69(60,61)62)48(59)67-46-33(3)29-35(30-34(46)4)47(58)50-22-10-25-53(5,26-12-28-70(63,64)65)24-9-21-49-41(54)15-8-16-44(57)68-52-42(55)19-20-43(52)56/h6-7,13-14,17-18,29-32H,8-12,15-16,19-28H2,1-5H3,(H2-2,49,50,54,58,60,61,62,63,64,65). The molecule has 22 heteroatoms. The number of rotatable bonds is 26. The Bertz CT molecular complexity index is 2810. The topological polar surface area (TPSA) is 276 Å². The average molecular weight is 1010 g/mol. The number of ether oxygens (including phenoxy) is 2. The van der Waals surface area contributed by atoms with Gasteiger partial charge < -0.3 is 38.5 Å². The van der Waals surface area contributed by atoms with E-state index in [2.05, 4.69) is 10.6 Å². The first-order valence-corrected chi connectivity index (χ1v) is 26.3. The SMILES string of the molecule is Cc1cc(C(=O)NCCC[N+](C)(CCCNC(=O)CCCC(=O)ON2C(=O)CCC2=O)CCCS(=O)(=O)[O-])cc(C)c1OC(=O)c1c2ccccc2[n+](CCCS(=O)(=O)[O-])c2ccc(OC(C)C)cc12. The molecular weight excluding hydrogens is 951 g/mol. The van der Waals surface area contributed by atoms with Gasteiger partial charge in [0, 0.05) is 93.7 Å². The van der Waals surface area contributed by atoms with Crippen molar-refractivity contribution in [2.75, 3.05) is 51.3 Å². The van der Waals surface area contributed by atoms with E-state index in [0.29, 0.717) is 86.3 Å². The molecule has 2 heterocycles. The molecule has 1 aliphatic rings. The second-order valence-corrected chi connectivity index (χ2v) is 21.0. The Kier molecular flexibility index (Phi) is 18.9. The van der Waals surface area contributed by atoms with Gasteiger partial charge in [0.2, 0.25) is 16.9 Å². The van der Waals surface area contributed by atoms with E-state index in [-0.39, 0.29) is 93.8 Å². The monoisotopic (exact) mass is 1010 g/mol. The second kappa shape index (κ2) is 24.2. The van der Waals surface area contributed by atoms with Gasteiger partial charge in [0.05, 0.1) is 69.4 Å². The summed E-state index contributed by atoms with van der Waals surface area (Å²) in [7, 11) is -7.00. The van der Waals surface area contributed by atoms with E-state index < -0.39 is 55.5 Å². The van der Waals surface area contributed by atoms with Crippen LogP contribution < -0.4 is 24.7 Å². The number of pyridine rings is 1. The van der Waals surface area contributed by atoms with Gasteiger partial charge in [-0.3, -0.25) is 19.2 Å². The average Bonchev–Trinajstić information content (AvgIpc) is 3.58. The number of imide groups is 1. The Hall–Kier alpha value is -6.07. The molecule has 0 bridgehead atoms. The Balaban J connectivity index is 1.20. The zero-order valence-corrected chi connectivity index (χ0v) is 41.7. The molecular formula is C48H61N5O15S2. The number of hydroxylamine groups is 2. The number of para-hydroxylation sites is 1. The van der Waals surface area contributed by atoms with Crippen LogP contribution in [0.25, 0.3) is 21.8 Å². The molecule has 1 unspecified atom stereocenters.